The molecule has 4 rings (SSSR count). The zero-order chi connectivity index (χ0) is 18.1. The van der Waals surface area contributed by atoms with E-state index in [1.165, 1.54) is 0 Å². The molecule has 4 aromatic rings. The maximum atomic E-state index is 4.77. The van der Waals surface area contributed by atoms with Gasteiger partial charge < -0.3 is 4.57 Å². The van der Waals surface area contributed by atoms with E-state index in [-0.39, 0.29) is 0 Å². The molecule has 0 bridgehead atoms. The van der Waals surface area contributed by atoms with Gasteiger partial charge in [-0.2, -0.15) is 4.68 Å². The predicted molar refractivity (Wildman–Crippen MR) is 104 cm³/mol. The van der Waals surface area contributed by atoms with Gasteiger partial charge in [0.25, 0.3) is 0 Å². The standard InChI is InChI=1S/C19H20N6S/c1-4-24-16-11-6-5-10-15(16)20-19(24)26-12-17-21-22-23-25(17)18-13(2)8-7-9-14(18)3/h5-11H,4,12H2,1-3H3. The summed E-state index contributed by atoms with van der Waals surface area (Å²) < 4.78 is 4.07. The van der Waals surface area contributed by atoms with Crippen molar-refractivity contribution in [1.82, 2.24) is 29.8 Å². The second-order valence-corrected chi connectivity index (χ2v) is 7.11. The number of hydrogen-bond acceptors (Lipinski definition) is 5. The van der Waals surface area contributed by atoms with E-state index in [2.05, 4.69) is 65.1 Å². The number of imidazole rings is 1. The van der Waals surface area contributed by atoms with Crippen LogP contribution in [0.2, 0.25) is 0 Å². The second-order valence-electron chi connectivity index (χ2n) is 6.16. The van der Waals surface area contributed by atoms with Gasteiger partial charge in [0.15, 0.2) is 11.0 Å². The third kappa shape index (κ3) is 2.88. The lowest BCUT2D eigenvalue weighted by atomic mass is 10.1. The van der Waals surface area contributed by atoms with E-state index >= 15 is 0 Å². The molecule has 7 heteroatoms. The Morgan fingerprint density at radius 1 is 1.00 bits per heavy atom. The molecule has 132 valence electrons. The number of aryl methyl sites for hydroxylation is 3. The summed E-state index contributed by atoms with van der Waals surface area (Å²) in [4.78, 5) is 4.77. The molecule has 6 nitrogen and oxygen atoms in total. The number of benzene rings is 2. The van der Waals surface area contributed by atoms with E-state index in [0.29, 0.717) is 5.75 Å². The fraction of sp³-hybridized carbons (Fsp3) is 0.263. The van der Waals surface area contributed by atoms with Crippen molar-refractivity contribution in [2.75, 3.05) is 0 Å². The second kappa shape index (κ2) is 6.92. The lowest BCUT2D eigenvalue weighted by molar-refractivity contribution is 0.701. The van der Waals surface area contributed by atoms with Crippen molar-refractivity contribution in [2.24, 2.45) is 0 Å². The molecule has 0 fully saturated rings. The molecule has 26 heavy (non-hydrogen) atoms. The molecule has 2 heterocycles. The van der Waals surface area contributed by atoms with Crippen molar-refractivity contribution in [3.05, 3.63) is 59.4 Å². The third-order valence-electron chi connectivity index (χ3n) is 4.45. The van der Waals surface area contributed by atoms with Crippen LogP contribution in [0.3, 0.4) is 0 Å². The van der Waals surface area contributed by atoms with E-state index in [1.54, 1.807) is 11.8 Å². The quantitative estimate of drug-likeness (QED) is 0.502. The number of nitrogens with zero attached hydrogens (tertiary/aromatic N) is 6. The van der Waals surface area contributed by atoms with E-state index in [0.717, 1.165) is 45.4 Å². The normalized spacial score (nSPS) is 11.3. The van der Waals surface area contributed by atoms with Crippen LogP contribution >= 0.6 is 11.8 Å². The van der Waals surface area contributed by atoms with Gasteiger partial charge in [0.2, 0.25) is 0 Å². The lowest BCUT2D eigenvalue weighted by Crippen LogP contribution is -2.06. The highest BCUT2D eigenvalue weighted by atomic mass is 32.2. The third-order valence-corrected chi connectivity index (χ3v) is 5.42. The van der Waals surface area contributed by atoms with E-state index in [4.69, 9.17) is 4.98 Å². The molecule has 0 spiro atoms. The van der Waals surface area contributed by atoms with Gasteiger partial charge in [0, 0.05) is 6.54 Å². The summed E-state index contributed by atoms with van der Waals surface area (Å²) in [7, 11) is 0. The average Bonchev–Trinajstić information content (AvgIpc) is 3.23. The maximum Gasteiger partial charge on any atom is 0.169 e. The number of aromatic nitrogens is 6. The molecule has 0 radical (unpaired) electrons. The summed E-state index contributed by atoms with van der Waals surface area (Å²) in [5.41, 5.74) is 5.55. The van der Waals surface area contributed by atoms with Crippen LogP contribution < -0.4 is 0 Å². The van der Waals surface area contributed by atoms with Crippen molar-refractivity contribution >= 4 is 22.8 Å². The highest BCUT2D eigenvalue weighted by Crippen LogP contribution is 2.27. The molecule has 0 aliphatic carbocycles. The van der Waals surface area contributed by atoms with Gasteiger partial charge in [0.05, 0.1) is 22.5 Å². The van der Waals surface area contributed by atoms with E-state index in [1.807, 2.05) is 22.9 Å². The molecule has 0 saturated heterocycles. The maximum absolute atomic E-state index is 4.77. The first-order valence-electron chi connectivity index (χ1n) is 8.61. The number of thioether (sulfide) groups is 1. The van der Waals surface area contributed by atoms with Crippen molar-refractivity contribution < 1.29 is 0 Å². The van der Waals surface area contributed by atoms with Crippen molar-refractivity contribution in [2.45, 2.75) is 38.2 Å². The van der Waals surface area contributed by atoms with Gasteiger partial charge in [-0.05, 0) is 54.5 Å². The smallest absolute Gasteiger partial charge is 0.169 e. The molecule has 0 aliphatic heterocycles. The molecular weight excluding hydrogens is 344 g/mol. The number of para-hydroxylation sites is 3. The highest BCUT2D eigenvalue weighted by molar-refractivity contribution is 7.98. The Bertz CT molecular complexity index is 1040. The van der Waals surface area contributed by atoms with Crippen LogP contribution in [0.4, 0.5) is 0 Å². The first-order chi connectivity index (χ1) is 12.7. The van der Waals surface area contributed by atoms with Crippen molar-refractivity contribution in [3.8, 4) is 5.69 Å². The van der Waals surface area contributed by atoms with Gasteiger partial charge in [-0.1, -0.05) is 42.1 Å². The minimum Gasteiger partial charge on any atom is -0.319 e. The van der Waals surface area contributed by atoms with Crippen LogP contribution in [0.15, 0.2) is 47.6 Å². The number of fused-ring (bicyclic) bond motifs is 1. The number of rotatable bonds is 5. The van der Waals surface area contributed by atoms with Crippen molar-refractivity contribution in [1.29, 1.82) is 0 Å². The zero-order valence-electron chi connectivity index (χ0n) is 15.0. The zero-order valence-corrected chi connectivity index (χ0v) is 15.9. The Balaban J connectivity index is 1.66. The lowest BCUT2D eigenvalue weighted by Gasteiger charge is -2.11. The fourth-order valence-corrected chi connectivity index (χ4v) is 4.19. The first-order valence-corrected chi connectivity index (χ1v) is 9.59. The molecule has 0 unspecified atom stereocenters. The Hall–Kier alpha value is -2.67. The summed E-state index contributed by atoms with van der Waals surface area (Å²) in [6, 6.07) is 14.4. The van der Waals surface area contributed by atoms with E-state index < -0.39 is 0 Å². The fourth-order valence-electron chi connectivity index (χ4n) is 3.21. The number of hydrogen-bond donors (Lipinski definition) is 0. The molecule has 0 amide bonds. The summed E-state index contributed by atoms with van der Waals surface area (Å²) in [6.07, 6.45) is 0. The van der Waals surface area contributed by atoms with Crippen LogP contribution in [-0.2, 0) is 12.3 Å². The van der Waals surface area contributed by atoms with Gasteiger partial charge in [-0.3, -0.25) is 0 Å². The predicted octanol–water partition coefficient (Wildman–Crippen LogP) is 3.94. The summed E-state index contributed by atoms with van der Waals surface area (Å²) in [5, 5.41) is 13.4. The van der Waals surface area contributed by atoms with Gasteiger partial charge in [-0.25, -0.2) is 4.98 Å². The summed E-state index contributed by atoms with van der Waals surface area (Å²) in [6.45, 7) is 7.18. The van der Waals surface area contributed by atoms with Crippen LogP contribution in [0.25, 0.3) is 16.7 Å². The molecular formula is C19H20N6S. The molecule has 2 aromatic carbocycles. The van der Waals surface area contributed by atoms with E-state index in [9.17, 15) is 0 Å². The Labute approximate surface area is 156 Å². The average molecular weight is 364 g/mol. The molecule has 0 saturated carbocycles. The minimum atomic E-state index is 0.657. The molecule has 0 atom stereocenters. The monoisotopic (exact) mass is 364 g/mol. The summed E-state index contributed by atoms with van der Waals surface area (Å²) in [5.74, 6) is 1.48. The van der Waals surface area contributed by atoms with Gasteiger partial charge >= 0.3 is 0 Å². The minimum absolute atomic E-state index is 0.657. The molecule has 2 aromatic heterocycles. The van der Waals surface area contributed by atoms with Crippen LogP contribution in [0.5, 0.6) is 0 Å². The molecule has 0 aliphatic rings. The van der Waals surface area contributed by atoms with Crippen LogP contribution in [0.1, 0.15) is 23.9 Å². The Kier molecular flexibility index (Phi) is 4.46. The topological polar surface area (TPSA) is 61.4 Å². The highest BCUT2D eigenvalue weighted by Gasteiger charge is 2.15. The Morgan fingerprint density at radius 3 is 2.54 bits per heavy atom. The van der Waals surface area contributed by atoms with Gasteiger partial charge in [-0.15, -0.1) is 5.10 Å². The number of tetrazole rings is 1. The Morgan fingerprint density at radius 2 is 1.77 bits per heavy atom. The summed E-state index contributed by atoms with van der Waals surface area (Å²) >= 11 is 1.66. The van der Waals surface area contributed by atoms with Crippen LogP contribution in [-0.4, -0.2) is 29.8 Å². The molecule has 0 N–H and O–H groups in total. The largest absolute Gasteiger partial charge is 0.319 e. The van der Waals surface area contributed by atoms with Crippen LogP contribution in [0, 0.1) is 13.8 Å². The van der Waals surface area contributed by atoms with Crippen molar-refractivity contribution in [3.63, 3.8) is 0 Å². The first kappa shape index (κ1) is 16.8. The SMILES string of the molecule is CCn1c(SCc2nnnn2-c2c(C)cccc2C)nc2ccccc21. The van der Waals surface area contributed by atoms with Gasteiger partial charge in [0.1, 0.15) is 0 Å².